The number of nitrogens with zero attached hydrogens (tertiary/aromatic N) is 2. The van der Waals surface area contributed by atoms with Crippen LogP contribution < -0.4 is 5.32 Å². The molecule has 3 heterocycles. The summed E-state index contributed by atoms with van der Waals surface area (Å²) in [6.07, 6.45) is 6.88. The fourth-order valence-electron chi connectivity index (χ4n) is 2.00. The maximum atomic E-state index is 12.0. The van der Waals surface area contributed by atoms with E-state index in [1.54, 1.807) is 29.8 Å². The number of rotatable bonds is 5. The second-order valence-electron chi connectivity index (χ2n) is 4.93. The first-order valence-electron chi connectivity index (χ1n) is 7.09. The van der Waals surface area contributed by atoms with Gasteiger partial charge in [0.25, 0.3) is 0 Å². The molecule has 6 heteroatoms. The summed E-state index contributed by atoms with van der Waals surface area (Å²) < 4.78 is 0. The van der Waals surface area contributed by atoms with Crippen LogP contribution in [0.3, 0.4) is 0 Å². The highest BCUT2D eigenvalue weighted by molar-refractivity contribution is 7.10. The minimum absolute atomic E-state index is 0.123. The van der Waals surface area contributed by atoms with Crippen molar-refractivity contribution in [3.05, 3.63) is 63.4 Å². The van der Waals surface area contributed by atoms with Gasteiger partial charge in [-0.15, -0.1) is 11.3 Å². The molecule has 3 aromatic heterocycles. The predicted molar refractivity (Wildman–Crippen MR) is 95.3 cm³/mol. The van der Waals surface area contributed by atoms with Crippen LogP contribution in [0.2, 0.25) is 0 Å². The molecule has 4 nitrogen and oxygen atoms in total. The molecular formula is C17H15N3OS2. The second kappa shape index (κ2) is 7.30. The molecule has 1 unspecified atom stereocenters. The van der Waals surface area contributed by atoms with Gasteiger partial charge in [-0.1, -0.05) is 0 Å². The van der Waals surface area contributed by atoms with E-state index < -0.39 is 0 Å². The molecule has 0 fully saturated rings. The van der Waals surface area contributed by atoms with Gasteiger partial charge in [0, 0.05) is 29.4 Å². The van der Waals surface area contributed by atoms with E-state index >= 15 is 0 Å². The summed E-state index contributed by atoms with van der Waals surface area (Å²) in [5.74, 6) is -0.123. The highest BCUT2D eigenvalue weighted by Gasteiger charge is 2.13. The Labute approximate surface area is 142 Å². The van der Waals surface area contributed by atoms with E-state index in [1.807, 2.05) is 47.3 Å². The second-order valence-corrected chi connectivity index (χ2v) is 6.60. The summed E-state index contributed by atoms with van der Waals surface area (Å²) in [4.78, 5) is 20.7. The van der Waals surface area contributed by atoms with Gasteiger partial charge in [0.05, 0.1) is 11.7 Å². The van der Waals surface area contributed by atoms with Crippen molar-refractivity contribution in [1.29, 1.82) is 0 Å². The van der Waals surface area contributed by atoms with Crippen molar-refractivity contribution < 1.29 is 4.79 Å². The third kappa shape index (κ3) is 4.12. The van der Waals surface area contributed by atoms with Crippen LogP contribution in [0, 0.1) is 0 Å². The summed E-state index contributed by atoms with van der Waals surface area (Å²) in [5, 5.41) is 9.77. The fraction of sp³-hybridized carbons (Fsp3) is 0.118. The molecule has 0 bridgehead atoms. The Hall–Kier alpha value is -2.31. The first kappa shape index (κ1) is 15.6. The number of hydrogen-bond acceptors (Lipinski definition) is 5. The van der Waals surface area contributed by atoms with Gasteiger partial charge in [0.15, 0.2) is 0 Å². The van der Waals surface area contributed by atoms with Crippen LogP contribution in [0.15, 0.2) is 52.8 Å². The lowest BCUT2D eigenvalue weighted by Crippen LogP contribution is -2.24. The quantitative estimate of drug-likeness (QED) is 0.709. The number of carbonyl (C=O) groups excluding carboxylic acids is 1. The number of amides is 1. The van der Waals surface area contributed by atoms with Gasteiger partial charge >= 0.3 is 0 Å². The Morgan fingerprint density at radius 1 is 1.35 bits per heavy atom. The lowest BCUT2D eigenvalue weighted by molar-refractivity contribution is -0.117. The molecule has 1 atom stereocenters. The number of thiophene rings is 1. The monoisotopic (exact) mass is 341 g/mol. The molecular weight excluding hydrogens is 326 g/mol. The Bertz CT molecular complexity index is 794. The molecule has 0 spiro atoms. The first-order valence-corrected chi connectivity index (χ1v) is 8.91. The summed E-state index contributed by atoms with van der Waals surface area (Å²) in [6, 6.07) is 5.69. The normalized spacial score (nSPS) is 12.4. The predicted octanol–water partition coefficient (Wildman–Crippen LogP) is 4.16. The zero-order valence-electron chi connectivity index (χ0n) is 12.5. The molecule has 0 aliphatic heterocycles. The Morgan fingerprint density at radius 2 is 2.26 bits per heavy atom. The molecule has 0 saturated carbocycles. The van der Waals surface area contributed by atoms with Crippen molar-refractivity contribution in [3.8, 4) is 11.3 Å². The van der Waals surface area contributed by atoms with Gasteiger partial charge in [-0.2, -0.15) is 11.3 Å². The van der Waals surface area contributed by atoms with E-state index in [0.29, 0.717) is 0 Å². The number of carbonyl (C=O) groups is 1. The first-order chi connectivity index (χ1) is 11.2. The molecule has 0 aromatic carbocycles. The van der Waals surface area contributed by atoms with Gasteiger partial charge in [0.1, 0.15) is 5.01 Å². The molecule has 1 N–H and O–H groups in total. The molecule has 0 saturated heterocycles. The van der Waals surface area contributed by atoms with E-state index in [1.165, 1.54) is 11.3 Å². The molecule has 0 radical (unpaired) electrons. The zero-order valence-corrected chi connectivity index (χ0v) is 14.1. The van der Waals surface area contributed by atoms with E-state index in [0.717, 1.165) is 21.8 Å². The van der Waals surface area contributed by atoms with Gasteiger partial charge in [-0.05, 0) is 47.5 Å². The highest BCUT2D eigenvalue weighted by Crippen LogP contribution is 2.24. The topological polar surface area (TPSA) is 54.9 Å². The smallest absolute Gasteiger partial charge is 0.244 e. The molecule has 3 rings (SSSR count). The van der Waals surface area contributed by atoms with E-state index in [-0.39, 0.29) is 11.9 Å². The average molecular weight is 341 g/mol. The van der Waals surface area contributed by atoms with Crippen LogP contribution >= 0.6 is 22.7 Å². The Kier molecular flexibility index (Phi) is 4.95. The zero-order chi connectivity index (χ0) is 16.1. The van der Waals surface area contributed by atoms with Crippen LogP contribution in [0.5, 0.6) is 0 Å². The molecule has 0 aliphatic rings. The van der Waals surface area contributed by atoms with Gasteiger partial charge in [-0.3, -0.25) is 9.78 Å². The lowest BCUT2D eigenvalue weighted by Gasteiger charge is -2.08. The average Bonchev–Trinajstić information content (AvgIpc) is 3.25. The fourth-order valence-corrected chi connectivity index (χ4v) is 3.46. The third-order valence-electron chi connectivity index (χ3n) is 3.18. The third-order valence-corrected chi connectivity index (χ3v) is 4.91. The molecule has 116 valence electrons. The van der Waals surface area contributed by atoms with Crippen LogP contribution in [0.4, 0.5) is 0 Å². The summed E-state index contributed by atoms with van der Waals surface area (Å²) in [7, 11) is 0. The maximum absolute atomic E-state index is 12.0. The van der Waals surface area contributed by atoms with Crippen LogP contribution in [0.25, 0.3) is 17.3 Å². The molecule has 3 aromatic rings. The summed E-state index contributed by atoms with van der Waals surface area (Å²) in [5.41, 5.74) is 2.89. The summed E-state index contributed by atoms with van der Waals surface area (Å²) in [6.45, 7) is 1.93. The number of aromatic nitrogens is 2. The molecule has 23 heavy (non-hydrogen) atoms. The van der Waals surface area contributed by atoms with Crippen molar-refractivity contribution in [2.24, 2.45) is 0 Å². The summed E-state index contributed by atoms with van der Waals surface area (Å²) >= 11 is 3.14. The Balaban J connectivity index is 1.63. The van der Waals surface area contributed by atoms with E-state index in [2.05, 4.69) is 15.3 Å². The van der Waals surface area contributed by atoms with Gasteiger partial charge in [0.2, 0.25) is 5.91 Å². The minimum Gasteiger partial charge on any atom is -0.344 e. The SMILES string of the molecule is CC(NC(=O)/C=C/c1ccsc1)c1nc(-c2cccnc2)cs1. The van der Waals surface area contributed by atoms with Gasteiger partial charge in [-0.25, -0.2) is 4.98 Å². The largest absolute Gasteiger partial charge is 0.344 e. The number of nitrogens with one attached hydrogen (secondary N) is 1. The van der Waals surface area contributed by atoms with Crippen molar-refractivity contribution >= 4 is 34.7 Å². The van der Waals surface area contributed by atoms with Gasteiger partial charge < -0.3 is 5.32 Å². The van der Waals surface area contributed by atoms with E-state index in [4.69, 9.17) is 0 Å². The highest BCUT2D eigenvalue weighted by atomic mass is 32.1. The Morgan fingerprint density at radius 3 is 3.00 bits per heavy atom. The van der Waals surface area contributed by atoms with Crippen LogP contribution in [-0.2, 0) is 4.79 Å². The van der Waals surface area contributed by atoms with E-state index in [9.17, 15) is 4.79 Å². The number of pyridine rings is 1. The van der Waals surface area contributed by atoms with Crippen LogP contribution in [-0.4, -0.2) is 15.9 Å². The van der Waals surface area contributed by atoms with Crippen molar-refractivity contribution in [3.63, 3.8) is 0 Å². The standard InChI is InChI=1S/C17H15N3OS2/c1-12(19-16(21)5-4-13-6-8-22-10-13)17-20-15(11-23-17)14-3-2-7-18-9-14/h2-12H,1H3,(H,19,21)/b5-4+. The molecule has 1 amide bonds. The molecule has 0 aliphatic carbocycles. The van der Waals surface area contributed by atoms with Crippen LogP contribution in [0.1, 0.15) is 23.5 Å². The number of hydrogen-bond donors (Lipinski definition) is 1. The minimum atomic E-state index is -0.134. The maximum Gasteiger partial charge on any atom is 0.244 e. The van der Waals surface area contributed by atoms with Crippen molar-refractivity contribution in [2.75, 3.05) is 0 Å². The van der Waals surface area contributed by atoms with Crippen molar-refractivity contribution in [2.45, 2.75) is 13.0 Å². The number of thiazole rings is 1. The lowest BCUT2D eigenvalue weighted by atomic mass is 10.2. The van der Waals surface area contributed by atoms with Crippen molar-refractivity contribution in [1.82, 2.24) is 15.3 Å².